The highest BCUT2D eigenvalue weighted by Gasteiger charge is 2.27. The quantitative estimate of drug-likeness (QED) is 0.879. The van der Waals surface area contributed by atoms with Crippen LogP contribution in [0.3, 0.4) is 0 Å². The van der Waals surface area contributed by atoms with Crippen molar-refractivity contribution in [3.05, 3.63) is 23.2 Å². The van der Waals surface area contributed by atoms with E-state index in [4.69, 9.17) is 17.3 Å². The molecule has 8 heteroatoms. The van der Waals surface area contributed by atoms with Crippen molar-refractivity contribution >= 4 is 38.9 Å². The fourth-order valence-electron chi connectivity index (χ4n) is 2.10. The van der Waals surface area contributed by atoms with Gasteiger partial charge in [-0.2, -0.15) is 0 Å². The molecule has 0 spiro atoms. The molecule has 116 valence electrons. The Kier molecular flexibility index (Phi) is 4.75. The van der Waals surface area contributed by atoms with Crippen LogP contribution in [0, 0.1) is 0 Å². The molecule has 21 heavy (non-hydrogen) atoms. The van der Waals surface area contributed by atoms with E-state index >= 15 is 0 Å². The lowest BCUT2D eigenvalue weighted by atomic mass is 10.2. The monoisotopic (exact) mass is 331 g/mol. The SMILES string of the molecule is C[C@H](N)C(=O)Nc1ccc(N2CCCCS2(=O)=O)c(Cl)c1. The maximum Gasteiger partial charge on any atom is 0.240 e. The van der Waals surface area contributed by atoms with E-state index in [1.54, 1.807) is 19.1 Å². The molecule has 0 radical (unpaired) electrons. The number of halogens is 1. The summed E-state index contributed by atoms with van der Waals surface area (Å²) < 4.78 is 25.5. The van der Waals surface area contributed by atoms with Crippen LogP contribution in [0.4, 0.5) is 11.4 Å². The highest BCUT2D eigenvalue weighted by molar-refractivity contribution is 7.92. The number of hydrogen-bond donors (Lipinski definition) is 2. The normalized spacial score (nSPS) is 19.1. The van der Waals surface area contributed by atoms with Gasteiger partial charge >= 0.3 is 0 Å². The van der Waals surface area contributed by atoms with Crippen LogP contribution < -0.4 is 15.4 Å². The molecule has 1 heterocycles. The smallest absolute Gasteiger partial charge is 0.240 e. The first kappa shape index (κ1) is 16.1. The molecule has 1 aromatic rings. The maximum absolute atomic E-state index is 12.1. The molecule has 1 amide bonds. The van der Waals surface area contributed by atoms with Crippen molar-refractivity contribution in [1.82, 2.24) is 0 Å². The van der Waals surface area contributed by atoms with E-state index in [0.717, 1.165) is 6.42 Å². The van der Waals surface area contributed by atoms with E-state index in [-0.39, 0.29) is 16.7 Å². The number of nitrogens with zero attached hydrogens (tertiary/aromatic N) is 1. The van der Waals surface area contributed by atoms with Crippen LogP contribution in [0.25, 0.3) is 0 Å². The van der Waals surface area contributed by atoms with Gasteiger partial charge in [0.25, 0.3) is 0 Å². The van der Waals surface area contributed by atoms with Crippen molar-refractivity contribution in [2.45, 2.75) is 25.8 Å². The fourth-order valence-corrected chi connectivity index (χ4v) is 4.09. The topological polar surface area (TPSA) is 92.5 Å². The van der Waals surface area contributed by atoms with Gasteiger partial charge in [0.1, 0.15) is 0 Å². The van der Waals surface area contributed by atoms with Crippen LogP contribution >= 0.6 is 11.6 Å². The standard InChI is InChI=1S/C13H18ClN3O3S/c1-9(15)13(18)16-10-4-5-12(11(14)8-10)17-6-2-3-7-21(17,19)20/h4-5,8-9H,2-3,6-7,15H2,1H3,(H,16,18)/t9-/m0/s1. The van der Waals surface area contributed by atoms with E-state index in [2.05, 4.69) is 5.32 Å². The first-order valence-corrected chi connectivity index (χ1v) is 8.66. The zero-order valence-electron chi connectivity index (χ0n) is 11.7. The molecule has 1 fully saturated rings. The van der Waals surface area contributed by atoms with E-state index in [1.807, 2.05) is 0 Å². The van der Waals surface area contributed by atoms with Gasteiger partial charge in [0.2, 0.25) is 15.9 Å². The van der Waals surface area contributed by atoms with E-state index in [0.29, 0.717) is 24.3 Å². The highest BCUT2D eigenvalue weighted by Crippen LogP contribution is 2.32. The first-order valence-electron chi connectivity index (χ1n) is 6.67. The first-order chi connectivity index (χ1) is 9.81. The molecule has 3 N–H and O–H groups in total. The largest absolute Gasteiger partial charge is 0.325 e. The summed E-state index contributed by atoms with van der Waals surface area (Å²) >= 11 is 6.16. The molecule has 1 saturated heterocycles. The van der Waals surface area contributed by atoms with Crippen molar-refractivity contribution in [3.63, 3.8) is 0 Å². The van der Waals surface area contributed by atoms with Gasteiger partial charge in [-0.15, -0.1) is 0 Å². The molecule has 1 aliphatic rings. The lowest BCUT2D eigenvalue weighted by Crippen LogP contribution is -2.38. The number of carbonyl (C=O) groups excluding carboxylic acids is 1. The number of nitrogens with two attached hydrogens (primary N) is 1. The Morgan fingerprint density at radius 3 is 2.71 bits per heavy atom. The third-order valence-electron chi connectivity index (χ3n) is 3.25. The Labute approximate surface area is 129 Å². The summed E-state index contributed by atoms with van der Waals surface area (Å²) in [5.74, 6) is -0.198. The van der Waals surface area contributed by atoms with Crippen molar-refractivity contribution in [3.8, 4) is 0 Å². The number of hydrogen-bond acceptors (Lipinski definition) is 4. The number of benzene rings is 1. The molecule has 0 saturated carbocycles. The van der Waals surface area contributed by atoms with Crippen molar-refractivity contribution in [2.24, 2.45) is 5.73 Å². The second-order valence-corrected chi connectivity index (χ2v) is 7.46. The number of amides is 1. The minimum atomic E-state index is -3.31. The van der Waals surface area contributed by atoms with Crippen LogP contribution in [0.2, 0.25) is 5.02 Å². The number of anilines is 2. The van der Waals surface area contributed by atoms with Crippen molar-refractivity contribution in [2.75, 3.05) is 21.9 Å². The van der Waals surface area contributed by atoms with Gasteiger partial charge in [-0.1, -0.05) is 11.6 Å². The van der Waals surface area contributed by atoms with Gasteiger partial charge < -0.3 is 11.1 Å². The lowest BCUT2D eigenvalue weighted by molar-refractivity contribution is -0.117. The Bertz CT molecular complexity index is 646. The number of nitrogens with one attached hydrogen (secondary N) is 1. The van der Waals surface area contributed by atoms with Gasteiger partial charge in [0.15, 0.2) is 0 Å². The number of carbonyl (C=O) groups is 1. The fraction of sp³-hybridized carbons (Fsp3) is 0.462. The average molecular weight is 332 g/mol. The summed E-state index contributed by atoms with van der Waals surface area (Å²) in [6, 6.07) is 4.11. The van der Waals surface area contributed by atoms with Crippen LogP contribution in [0.15, 0.2) is 18.2 Å². The molecule has 2 rings (SSSR count). The van der Waals surface area contributed by atoms with Crippen LogP contribution in [-0.4, -0.2) is 32.7 Å². The molecule has 0 aromatic heterocycles. The molecule has 6 nitrogen and oxygen atoms in total. The summed E-state index contributed by atoms with van der Waals surface area (Å²) in [6.07, 6.45) is 1.47. The predicted molar refractivity (Wildman–Crippen MR) is 84.1 cm³/mol. The molecular weight excluding hydrogens is 314 g/mol. The van der Waals surface area contributed by atoms with E-state index in [1.165, 1.54) is 10.4 Å². The van der Waals surface area contributed by atoms with Crippen molar-refractivity contribution in [1.29, 1.82) is 0 Å². The van der Waals surface area contributed by atoms with Crippen molar-refractivity contribution < 1.29 is 13.2 Å². The molecular formula is C13H18ClN3O3S. The Morgan fingerprint density at radius 1 is 1.43 bits per heavy atom. The summed E-state index contributed by atoms with van der Waals surface area (Å²) in [5.41, 5.74) is 6.40. The molecule has 1 aromatic carbocycles. The minimum absolute atomic E-state index is 0.131. The summed E-state index contributed by atoms with van der Waals surface area (Å²) in [5, 5.41) is 2.90. The molecule has 1 atom stereocenters. The maximum atomic E-state index is 12.1. The summed E-state index contributed by atoms with van der Waals surface area (Å²) in [7, 11) is -3.31. The van der Waals surface area contributed by atoms with Gasteiger partial charge in [0.05, 0.1) is 22.5 Å². The molecule has 1 aliphatic heterocycles. The third kappa shape index (κ3) is 3.66. The highest BCUT2D eigenvalue weighted by atomic mass is 35.5. The van der Waals surface area contributed by atoms with Gasteiger partial charge in [-0.3, -0.25) is 9.10 Å². The minimum Gasteiger partial charge on any atom is -0.325 e. The van der Waals surface area contributed by atoms with Gasteiger partial charge in [0, 0.05) is 12.2 Å². The van der Waals surface area contributed by atoms with Crippen LogP contribution in [-0.2, 0) is 14.8 Å². The van der Waals surface area contributed by atoms with Gasteiger partial charge in [-0.05, 0) is 38.0 Å². The van der Waals surface area contributed by atoms with E-state index in [9.17, 15) is 13.2 Å². The second-order valence-electron chi connectivity index (χ2n) is 5.04. The number of sulfonamides is 1. The van der Waals surface area contributed by atoms with Crippen LogP contribution in [0.5, 0.6) is 0 Å². The zero-order valence-corrected chi connectivity index (χ0v) is 13.2. The Hall–Kier alpha value is -1.31. The zero-order chi connectivity index (χ0) is 15.6. The number of rotatable bonds is 3. The Morgan fingerprint density at radius 2 is 2.14 bits per heavy atom. The van der Waals surface area contributed by atoms with Gasteiger partial charge in [-0.25, -0.2) is 8.42 Å². The Balaban J connectivity index is 2.25. The van der Waals surface area contributed by atoms with E-state index < -0.39 is 16.1 Å². The molecule has 0 aliphatic carbocycles. The predicted octanol–water partition coefficient (Wildman–Crippen LogP) is 1.56. The summed E-state index contributed by atoms with van der Waals surface area (Å²) in [4.78, 5) is 11.5. The second kappa shape index (κ2) is 6.21. The summed E-state index contributed by atoms with van der Waals surface area (Å²) in [6.45, 7) is 2.00. The van der Waals surface area contributed by atoms with Crippen LogP contribution in [0.1, 0.15) is 19.8 Å². The molecule has 0 bridgehead atoms. The lowest BCUT2D eigenvalue weighted by Gasteiger charge is -2.29. The molecule has 0 unspecified atom stereocenters. The third-order valence-corrected chi connectivity index (χ3v) is 5.40. The average Bonchev–Trinajstić information content (AvgIpc) is 2.39.